The van der Waals surface area contributed by atoms with Gasteiger partial charge in [-0.25, -0.2) is 9.97 Å². The first-order valence-corrected chi connectivity index (χ1v) is 10.8. The largest absolute Gasteiger partial charge is 0.371 e. The van der Waals surface area contributed by atoms with Gasteiger partial charge in [-0.1, -0.05) is 17.8 Å². The lowest BCUT2D eigenvalue weighted by Crippen LogP contribution is -2.31. The second kappa shape index (κ2) is 9.57. The van der Waals surface area contributed by atoms with Crippen molar-refractivity contribution in [1.82, 2.24) is 9.97 Å². The zero-order valence-corrected chi connectivity index (χ0v) is 17.5. The van der Waals surface area contributed by atoms with Gasteiger partial charge >= 0.3 is 0 Å². The minimum absolute atomic E-state index is 0.105. The number of rotatable bonds is 6. The first-order valence-electron chi connectivity index (χ1n) is 10.00. The Morgan fingerprint density at radius 1 is 1.00 bits per heavy atom. The van der Waals surface area contributed by atoms with E-state index in [4.69, 9.17) is 0 Å². The molecule has 4 rings (SSSR count). The summed E-state index contributed by atoms with van der Waals surface area (Å²) < 4.78 is 0. The molecule has 3 heterocycles. The lowest BCUT2D eigenvalue weighted by atomic mass is 10.1. The summed E-state index contributed by atoms with van der Waals surface area (Å²) in [6.45, 7) is 1.66. The van der Waals surface area contributed by atoms with E-state index in [0.717, 1.165) is 43.1 Å². The van der Waals surface area contributed by atoms with Crippen LogP contribution in [0.2, 0.25) is 0 Å². The Hall–Kier alpha value is -3.46. The van der Waals surface area contributed by atoms with Crippen LogP contribution in [0.15, 0.2) is 71.0 Å². The molecule has 0 bridgehead atoms. The number of amides is 1. The molecular weight excluding hydrogens is 414 g/mol. The normalized spacial score (nSPS) is 13.6. The van der Waals surface area contributed by atoms with Crippen LogP contribution in [0.1, 0.15) is 29.6 Å². The van der Waals surface area contributed by atoms with Crippen molar-refractivity contribution in [3.8, 4) is 0 Å². The molecule has 158 valence electrons. The molecule has 1 N–H and O–H groups in total. The van der Waals surface area contributed by atoms with E-state index in [0.29, 0.717) is 16.3 Å². The second-order valence-electron chi connectivity index (χ2n) is 7.11. The molecule has 1 aliphatic heterocycles. The van der Waals surface area contributed by atoms with Crippen LogP contribution in [0.4, 0.5) is 17.1 Å². The molecular formula is C22H21N5O3S. The molecule has 3 aromatic rings. The summed E-state index contributed by atoms with van der Waals surface area (Å²) in [6.07, 6.45) is 6.55. The van der Waals surface area contributed by atoms with E-state index in [9.17, 15) is 14.9 Å². The lowest BCUT2D eigenvalue weighted by Gasteiger charge is -2.30. The maximum absolute atomic E-state index is 13.1. The highest BCUT2D eigenvalue weighted by molar-refractivity contribution is 7.99. The fraction of sp³-hybridized carbons (Fsp3) is 0.227. The van der Waals surface area contributed by atoms with E-state index < -0.39 is 4.92 Å². The van der Waals surface area contributed by atoms with Crippen molar-refractivity contribution in [3.05, 3.63) is 76.6 Å². The predicted molar refractivity (Wildman–Crippen MR) is 120 cm³/mol. The number of pyridine rings is 2. The SMILES string of the molecule is O=C(Nc1ccnc(Sc2ccccn2)c1)c1cc([N+](=O)[O-])ccc1N1CCCCC1. The van der Waals surface area contributed by atoms with Crippen LogP contribution in [0.5, 0.6) is 0 Å². The Morgan fingerprint density at radius 3 is 2.55 bits per heavy atom. The molecule has 1 aromatic carbocycles. The number of anilines is 2. The van der Waals surface area contributed by atoms with E-state index in [2.05, 4.69) is 20.2 Å². The molecule has 0 unspecified atom stereocenters. The number of piperidine rings is 1. The highest BCUT2D eigenvalue weighted by Gasteiger charge is 2.22. The van der Waals surface area contributed by atoms with E-state index in [-0.39, 0.29) is 11.6 Å². The van der Waals surface area contributed by atoms with E-state index in [1.165, 1.54) is 23.9 Å². The predicted octanol–water partition coefficient (Wildman–Crippen LogP) is 4.78. The van der Waals surface area contributed by atoms with Crippen molar-refractivity contribution in [2.75, 3.05) is 23.3 Å². The van der Waals surface area contributed by atoms with Crippen molar-refractivity contribution in [1.29, 1.82) is 0 Å². The van der Waals surface area contributed by atoms with Gasteiger partial charge in [0.2, 0.25) is 0 Å². The van der Waals surface area contributed by atoms with Gasteiger partial charge in [-0.3, -0.25) is 14.9 Å². The Labute approximate surface area is 183 Å². The molecule has 2 aromatic heterocycles. The Balaban J connectivity index is 1.58. The topological polar surface area (TPSA) is 101 Å². The molecule has 0 saturated carbocycles. The van der Waals surface area contributed by atoms with Crippen LogP contribution in [0, 0.1) is 10.1 Å². The van der Waals surface area contributed by atoms with Crippen LogP contribution in [-0.2, 0) is 0 Å². The summed E-state index contributed by atoms with van der Waals surface area (Å²) in [4.78, 5) is 34.6. The quantitative estimate of drug-likeness (QED) is 0.439. The summed E-state index contributed by atoms with van der Waals surface area (Å²) in [6, 6.07) is 13.5. The molecule has 1 fully saturated rings. The molecule has 1 aliphatic rings. The Bertz CT molecular complexity index is 1090. The van der Waals surface area contributed by atoms with Crippen LogP contribution < -0.4 is 10.2 Å². The fourth-order valence-electron chi connectivity index (χ4n) is 3.49. The molecule has 31 heavy (non-hydrogen) atoms. The van der Waals surface area contributed by atoms with Crippen molar-refractivity contribution < 1.29 is 9.72 Å². The second-order valence-corrected chi connectivity index (χ2v) is 8.15. The van der Waals surface area contributed by atoms with E-state index in [1.807, 2.05) is 18.2 Å². The number of hydrogen-bond acceptors (Lipinski definition) is 7. The number of nitro groups is 1. The standard InChI is InChI=1S/C22H21N5O3S/c28-22(25-16-9-11-24-21(14-16)31-20-6-2-3-10-23-20)18-15-17(27(29)30)7-8-19(18)26-12-4-1-5-13-26/h2-3,6-11,14-15H,1,4-5,12-13H2,(H,24,25,28). The Morgan fingerprint density at radius 2 is 1.81 bits per heavy atom. The number of benzene rings is 1. The van der Waals surface area contributed by atoms with Gasteiger partial charge in [0.05, 0.1) is 16.2 Å². The first-order chi connectivity index (χ1) is 15.1. The van der Waals surface area contributed by atoms with E-state index in [1.54, 1.807) is 30.6 Å². The zero-order chi connectivity index (χ0) is 21.6. The van der Waals surface area contributed by atoms with Gasteiger partial charge in [0.25, 0.3) is 11.6 Å². The molecule has 0 aliphatic carbocycles. The first kappa shape index (κ1) is 20.8. The lowest BCUT2D eigenvalue weighted by molar-refractivity contribution is -0.384. The van der Waals surface area contributed by atoms with Gasteiger partial charge in [-0.2, -0.15) is 0 Å². The van der Waals surface area contributed by atoms with Crippen LogP contribution >= 0.6 is 11.8 Å². The number of nitrogens with zero attached hydrogens (tertiary/aromatic N) is 4. The van der Waals surface area contributed by atoms with Gasteiger partial charge in [-0.15, -0.1) is 0 Å². The number of carbonyl (C=O) groups is 1. The Kier molecular flexibility index (Phi) is 6.42. The molecule has 0 radical (unpaired) electrons. The van der Waals surface area contributed by atoms with Gasteiger partial charge in [0, 0.05) is 43.3 Å². The minimum Gasteiger partial charge on any atom is -0.371 e. The van der Waals surface area contributed by atoms with Gasteiger partial charge in [-0.05, 0) is 49.6 Å². The summed E-state index contributed by atoms with van der Waals surface area (Å²) in [5.74, 6) is -0.385. The number of carbonyl (C=O) groups excluding carboxylic acids is 1. The number of nitro benzene ring substituents is 1. The summed E-state index contributed by atoms with van der Waals surface area (Å²) in [7, 11) is 0. The van der Waals surface area contributed by atoms with Crippen molar-refractivity contribution in [2.24, 2.45) is 0 Å². The third kappa shape index (κ3) is 5.18. The van der Waals surface area contributed by atoms with E-state index >= 15 is 0 Å². The van der Waals surface area contributed by atoms with Crippen molar-refractivity contribution >= 4 is 34.7 Å². The molecule has 8 nitrogen and oxygen atoms in total. The van der Waals surface area contributed by atoms with Gasteiger partial charge in [0.1, 0.15) is 10.1 Å². The van der Waals surface area contributed by atoms with Crippen molar-refractivity contribution in [3.63, 3.8) is 0 Å². The number of non-ortho nitro benzene ring substituents is 1. The maximum Gasteiger partial charge on any atom is 0.270 e. The number of aromatic nitrogens is 2. The third-order valence-corrected chi connectivity index (χ3v) is 5.85. The van der Waals surface area contributed by atoms with Gasteiger partial charge in [0.15, 0.2) is 0 Å². The number of hydrogen-bond donors (Lipinski definition) is 1. The van der Waals surface area contributed by atoms with Crippen LogP contribution in [-0.4, -0.2) is 33.9 Å². The minimum atomic E-state index is -0.481. The molecule has 0 spiro atoms. The van der Waals surface area contributed by atoms with Crippen molar-refractivity contribution in [2.45, 2.75) is 29.3 Å². The molecule has 1 saturated heterocycles. The smallest absolute Gasteiger partial charge is 0.270 e. The fourth-order valence-corrected chi connectivity index (χ4v) is 4.26. The molecule has 0 atom stereocenters. The summed E-state index contributed by atoms with van der Waals surface area (Å²) >= 11 is 1.39. The molecule has 9 heteroatoms. The summed E-state index contributed by atoms with van der Waals surface area (Å²) in [5, 5.41) is 15.6. The highest BCUT2D eigenvalue weighted by atomic mass is 32.2. The van der Waals surface area contributed by atoms with Crippen LogP contribution in [0.3, 0.4) is 0 Å². The van der Waals surface area contributed by atoms with Crippen LogP contribution in [0.25, 0.3) is 0 Å². The zero-order valence-electron chi connectivity index (χ0n) is 16.7. The average Bonchev–Trinajstić information content (AvgIpc) is 2.80. The highest BCUT2D eigenvalue weighted by Crippen LogP contribution is 2.30. The maximum atomic E-state index is 13.1. The molecule has 1 amide bonds. The average molecular weight is 436 g/mol. The van der Waals surface area contributed by atoms with Gasteiger partial charge < -0.3 is 10.2 Å². The summed E-state index contributed by atoms with van der Waals surface area (Å²) in [5.41, 5.74) is 1.48. The monoisotopic (exact) mass is 435 g/mol. The number of nitrogens with one attached hydrogen (secondary N) is 1. The third-order valence-electron chi connectivity index (χ3n) is 4.97.